The summed E-state index contributed by atoms with van der Waals surface area (Å²) in [6, 6.07) is 26.9. The summed E-state index contributed by atoms with van der Waals surface area (Å²) in [5.74, 6) is -0.579. The highest BCUT2D eigenvalue weighted by Crippen LogP contribution is 2.36. The van der Waals surface area contributed by atoms with Gasteiger partial charge in [0.05, 0.1) is 0 Å². The zero-order valence-electron chi connectivity index (χ0n) is 20.3. The van der Waals surface area contributed by atoms with Gasteiger partial charge in [0, 0.05) is 34.5 Å². The van der Waals surface area contributed by atoms with Gasteiger partial charge in [0.25, 0.3) is 0 Å². The molecule has 0 radical (unpaired) electrons. The molecule has 2 atom stereocenters. The number of aromatic hydroxyl groups is 2. The van der Waals surface area contributed by atoms with Crippen LogP contribution in [0.25, 0.3) is 0 Å². The monoisotopic (exact) mass is 508 g/mol. The van der Waals surface area contributed by atoms with E-state index in [9.17, 15) is 30.3 Å². The molecule has 4 aromatic rings. The number of benzene rings is 4. The maximum atomic E-state index is 10.5. The van der Waals surface area contributed by atoms with Gasteiger partial charge in [-0.15, -0.1) is 0 Å². The molecule has 6 N–H and O–H groups in total. The zero-order valence-corrected chi connectivity index (χ0v) is 20.3. The third-order valence-corrected chi connectivity index (χ3v) is 6.08. The van der Waals surface area contributed by atoms with E-state index in [-0.39, 0.29) is 22.4 Å². The second-order valence-electron chi connectivity index (χ2n) is 8.58. The van der Waals surface area contributed by atoms with Crippen LogP contribution in [0.2, 0.25) is 0 Å². The first-order valence-electron chi connectivity index (χ1n) is 11.9. The van der Waals surface area contributed by atoms with Gasteiger partial charge in [-0.2, -0.15) is 0 Å². The lowest BCUT2D eigenvalue weighted by atomic mass is 9.78. The molecule has 0 spiro atoms. The Balaban J connectivity index is 1.81. The van der Waals surface area contributed by atoms with Crippen LogP contribution in [0.4, 0.5) is 0 Å². The number of rotatable bonds is 9. The van der Waals surface area contributed by atoms with Crippen LogP contribution in [0.15, 0.2) is 107 Å². The summed E-state index contributed by atoms with van der Waals surface area (Å²) in [5, 5.41) is 59.3. The Kier molecular flexibility index (Phi) is 8.73. The predicted octanol–water partition coefficient (Wildman–Crippen LogP) is 1.48. The van der Waals surface area contributed by atoms with Crippen molar-refractivity contribution in [1.82, 2.24) is 0 Å². The maximum absolute atomic E-state index is 10.5. The smallest absolute Gasteiger partial charge is 0.492 e. The van der Waals surface area contributed by atoms with Gasteiger partial charge in [0.2, 0.25) is 0 Å². The van der Waals surface area contributed by atoms with Gasteiger partial charge in [-0.1, -0.05) is 84.9 Å². The molecule has 0 saturated heterocycles. The molecule has 0 aliphatic carbocycles. The topological polar surface area (TPSA) is 146 Å². The molecule has 38 heavy (non-hydrogen) atoms. The summed E-state index contributed by atoms with van der Waals surface area (Å²) in [4.78, 5) is 9.56. The Hall–Kier alpha value is -4.21. The van der Waals surface area contributed by atoms with Crippen LogP contribution in [0.3, 0.4) is 0 Å². The fourth-order valence-electron chi connectivity index (χ4n) is 4.11. The number of aliphatic imine (C=N–C) groups is 2. The van der Waals surface area contributed by atoms with Crippen molar-refractivity contribution in [1.29, 1.82) is 0 Å². The van der Waals surface area contributed by atoms with Gasteiger partial charge in [-0.3, -0.25) is 9.98 Å². The van der Waals surface area contributed by atoms with Gasteiger partial charge >= 0.3 is 14.2 Å². The van der Waals surface area contributed by atoms with Crippen LogP contribution in [-0.4, -0.2) is 57.0 Å². The third kappa shape index (κ3) is 6.19. The number of phenolic OH excluding ortho intramolecular Hbond substituents is 2. The van der Waals surface area contributed by atoms with E-state index >= 15 is 0 Å². The zero-order chi connectivity index (χ0) is 27.1. The number of nitrogens with zero attached hydrogens (tertiary/aromatic N) is 2. The molecule has 10 heteroatoms. The molecule has 0 aromatic heterocycles. The van der Waals surface area contributed by atoms with Crippen LogP contribution in [0, 0.1) is 0 Å². The molecule has 0 aliphatic rings. The first kappa shape index (κ1) is 26.8. The third-order valence-electron chi connectivity index (χ3n) is 6.08. The van der Waals surface area contributed by atoms with Crippen LogP contribution < -0.4 is 10.9 Å². The summed E-state index contributed by atoms with van der Waals surface area (Å²) in [6.45, 7) is 0. The van der Waals surface area contributed by atoms with Crippen LogP contribution in [0.1, 0.15) is 34.3 Å². The summed E-state index contributed by atoms with van der Waals surface area (Å²) in [6.07, 6.45) is 2.93. The van der Waals surface area contributed by atoms with Gasteiger partial charge in [0.1, 0.15) is 23.6 Å². The fraction of sp³-hybridized carbons (Fsp3) is 0.0714. The minimum Gasteiger partial charge on any atom is -0.508 e. The van der Waals surface area contributed by atoms with Gasteiger partial charge in [-0.05, 0) is 23.3 Å². The van der Waals surface area contributed by atoms with E-state index in [4.69, 9.17) is 9.98 Å². The number of hydrogen-bond acceptors (Lipinski definition) is 8. The standard InChI is InChI=1S/C28H26B2N2O6/c33-27-21(13-7-15-23(27)29(35)36)17-31-25(19-9-3-1-4-10-19)26(20-11-5-2-6-12-20)32-18-22-14-8-16-24(28(22)34)30(37)38/h1-18,25-26,33-38H/t25-,26-/m1/s1. The minimum absolute atomic E-state index is 0.0377. The molecule has 0 unspecified atom stereocenters. The second-order valence-corrected chi connectivity index (χ2v) is 8.58. The van der Waals surface area contributed by atoms with Crippen molar-refractivity contribution >= 4 is 37.6 Å². The Morgan fingerprint density at radius 2 is 0.868 bits per heavy atom. The molecular weight excluding hydrogens is 482 g/mol. The molecule has 8 nitrogen and oxygen atoms in total. The summed E-state index contributed by atoms with van der Waals surface area (Å²) in [5.41, 5.74) is 2.19. The lowest BCUT2D eigenvalue weighted by Gasteiger charge is -2.22. The molecule has 190 valence electrons. The molecule has 0 amide bonds. The summed E-state index contributed by atoms with van der Waals surface area (Å²) in [7, 11) is -3.67. The first-order valence-corrected chi connectivity index (χ1v) is 11.9. The Bertz CT molecular complexity index is 1310. The minimum atomic E-state index is -1.84. The second kappa shape index (κ2) is 12.4. The van der Waals surface area contributed by atoms with E-state index in [2.05, 4.69) is 0 Å². The van der Waals surface area contributed by atoms with Crippen molar-refractivity contribution in [3.8, 4) is 11.5 Å². The van der Waals surface area contributed by atoms with E-state index in [1.165, 1.54) is 24.6 Å². The molecule has 0 aliphatic heterocycles. The normalized spacial score (nSPS) is 13.1. The Morgan fingerprint density at radius 3 is 1.21 bits per heavy atom. The summed E-state index contributed by atoms with van der Waals surface area (Å²) >= 11 is 0. The van der Waals surface area contributed by atoms with Crippen molar-refractivity contribution in [2.75, 3.05) is 0 Å². The lowest BCUT2D eigenvalue weighted by Crippen LogP contribution is -2.30. The number of para-hydroxylation sites is 2. The number of hydrogen-bond donors (Lipinski definition) is 6. The van der Waals surface area contributed by atoms with Crippen LogP contribution in [0.5, 0.6) is 11.5 Å². The fourth-order valence-corrected chi connectivity index (χ4v) is 4.11. The van der Waals surface area contributed by atoms with Crippen molar-refractivity contribution in [3.05, 3.63) is 119 Å². The molecule has 4 aromatic carbocycles. The van der Waals surface area contributed by atoms with Crippen molar-refractivity contribution in [2.45, 2.75) is 12.1 Å². The highest BCUT2D eigenvalue weighted by molar-refractivity contribution is 6.60. The first-order chi connectivity index (χ1) is 18.4. The SMILES string of the molecule is OB(O)c1cccc(C=N[C@H](c2ccccc2)[C@H](N=Cc2cccc(B(O)O)c2O)c2ccccc2)c1O. The van der Waals surface area contributed by atoms with Gasteiger partial charge in [0.15, 0.2) is 0 Å². The van der Waals surface area contributed by atoms with E-state index in [1.54, 1.807) is 24.3 Å². The maximum Gasteiger partial charge on any atom is 0.492 e. The van der Waals surface area contributed by atoms with Crippen molar-refractivity contribution in [2.24, 2.45) is 9.98 Å². The average molecular weight is 508 g/mol. The Morgan fingerprint density at radius 1 is 0.500 bits per heavy atom. The van der Waals surface area contributed by atoms with Crippen molar-refractivity contribution < 1.29 is 30.3 Å². The van der Waals surface area contributed by atoms with Crippen molar-refractivity contribution in [3.63, 3.8) is 0 Å². The lowest BCUT2D eigenvalue weighted by molar-refractivity contribution is 0.417. The van der Waals surface area contributed by atoms with E-state index in [0.29, 0.717) is 11.1 Å². The summed E-state index contributed by atoms with van der Waals surface area (Å²) < 4.78 is 0. The predicted molar refractivity (Wildman–Crippen MR) is 149 cm³/mol. The molecule has 0 saturated carbocycles. The number of phenols is 2. The van der Waals surface area contributed by atoms with Crippen LogP contribution >= 0.6 is 0 Å². The Labute approximate surface area is 220 Å². The molecule has 0 fully saturated rings. The van der Waals surface area contributed by atoms with Crippen LogP contribution in [-0.2, 0) is 0 Å². The molecule has 4 rings (SSSR count). The van der Waals surface area contributed by atoms with E-state index < -0.39 is 26.3 Å². The molecular formula is C28H26B2N2O6. The molecule has 0 heterocycles. The quantitative estimate of drug-likeness (QED) is 0.149. The largest absolute Gasteiger partial charge is 0.508 e. The highest BCUT2D eigenvalue weighted by Gasteiger charge is 2.25. The van der Waals surface area contributed by atoms with Gasteiger partial charge < -0.3 is 30.3 Å². The van der Waals surface area contributed by atoms with E-state index in [1.807, 2.05) is 60.7 Å². The average Bonchev–Trinajstić information content (AvgIpc) is 2.92. The van der Waals surface area contributed by atoms with E-state index in [0.717, 1.165) is 11.1 Å². The van der Waals surface area contributed by atoms with Gasteiger partial charge in [-0.25, -0.2) is 0 Å². The highest BCUT2D eigenvalue weighted by atomic mass is 16.4. The molecule has 0 bridgehead atoms.